The molecule has 4 N–H and O–H groups in total. The molecule has 2 aromatic carbocycles. The average Bonchev–Trinajstić information content (AvgIpc) is 2.95. The van der Waals surface area contributed by atoms with Crippen molar-refractivity contribution in [2.24, 2.45) is 12.8 Å². The molecule has 0 saturated heterocycles. The second-order valence-corrected chi connectivity index (χ2v) is 6.28. The summed E-state index contributed by atoms with van der Waals surface area (Å²) in [6, 6.07) is 11.8. The van der Waals surface area contributed by atoms with Gasteiger partial charge in [-0.1, -0.05) is 18.2 Å². The first-order valence-corrected chi connectivity index (χ1v) is 8.08. The third-order valence-corrected chi connectivity index (χ3v) is 4.45. The number of rotatable bonds is 3. The van der Waals surface area contributed by atoms with Crippen LogP contribution in [0, 0.1) is 25.2 Å². The Hall–Kier alpha value is -3.10. The Bertz CT molecular complexity index is 969. The minimum Gasteiger partial charge on any atom is -0.398 e. The Balaban J connectivity index is 2.23. The summed E-state index contributed by atoms with van der Waals surface area (Å²) in [5, 5.41) is 9.09. The van der Waals surface area contributed by atoms with Crippen LogP contribution in [-0.4, -0.2) is 9.55 Å². The number of hydrogen-bond acceptors (Lipinski definition) is 4. The summed E-state index contributed by atoms with van der Waals surface area (Å²) in [6.45, 7) is 4.67. The van der Waals surface area contributed by atoms with Crippen LogP contribution in [0.4, 0.5) is 5.69 Å². The lowest BCUT2D eigenvalue weighted by atomic mass is 9.94. The van der Waals surface area contributed by atoms with Crippen molar-refractivity contribution >= 4 is 5.69 Å². The third kappa shape index (κ3) is 2.88. The second-order valence-electron chi connectivity index (χ2n) is 6.28. The SMILES string of the molecule is Cc1cc(CN)cc(C)c1-c1ncn(C)c1-c1ccc(C#N)c(N)c1. The lowest BCUT2D eigenvalue weighted by molar-refractivity contribution is 0.921. The Morgan fingerprint density at radius 2 is 1.84 bits per heavy atom. The number of aromatic nitrogens is 2. The second kappa shape index (κ2) is 6.42. The first-order chi connectivity index (χ1) is 12.0. The van der Waals surface area contributed by atoms with Crippen LogP contribution in [0.2, 0.25) is 0 Å². The van der Waals surface area contributed by atoms with E-state index < -0.39 is 0 Å². The number of hydrogen-bond donors (Lipinski definition) is 2. The van der Waals surface area contributed by atoms with Gasteiger partial charge >= 0.3 is 0 Å². The lowest BCUT2D eigenvalue weighted by Crippen LogP contribution is -2.00. The molecule has 0 bridgehead atoms. The first kappa shape index (κ1) is 16.7. The maximum Gasteiger partial charge on any atom is 0.101 e. The van der Waals surface area contributed by atoms with Gasteiger partial charge in [-0.15, -0.1) is 0 Å². The molecule has 0 radical (unpaired) electrons. The van der Waals surface area contributed by atoms with Gasteiger partial charge in [-0.05, 0) is 42.7 Å². The van der Waals surface area contributed by atoms with E-state index in [1.165, 1.54) is 0 Å². The van der Waals surface area contributed by atoms with Gasteiger partial charge in [-0.2, -0.15) is 5.26 Å². The number of anilines is 1. The van der Waals surface area contributed by atoms with E-state index in [9.17, 15) is 0 Å². The standard InChI is InChI=1S/C20H21N5/c1-12-6-14(9-21)7-13(2)18(12)19-20(25(3)11-24-19)15-4-5-16(10-22)17(23)8-15/h4-8,11H,9,21,23H2,1-3H3. The molecule has 0 aliphatic carbocycles. The van der Waals surface area contributed by atoms with Crippen molar-refractivity contribution in [3.05, 3.63) is 58.9 Å². The Morgan fingerprint density at radius 1 is 1.16 bits per heavy atom. The highest BCUT2D eigenvalue weighted by Crippen LogP contribution is 2.36. The van der Waals surface area contributed by atoms with Crippen molar-refractivity contribution in [1.29, 1.82) is 5.26 Å². The number of nitrogen functional groups attached to an aromatic ring is 1. The molecule has 0 fully saturated rings. The Labute approximate surface area is 147 Å². The smallest absolute Gasteiger partial charge is 0.101 e. The molecular formula is C20H21N5. The van der Waals surface area contributed by atoms with E-state index in [4.69, 9.17) is 16.7 Å². The van der Waals surface area contributed by atoms with Crippen LogP contribution in [0.25, 0.3) is 22.5 Å². The quantitative estimate of drug-likeness (QED) is 0.720. The molecule has 25 heavy (non-hydrogen) atoms. The van der Waals surface area contributed by atoms with Crippen LogP contribution in [0.5, 0.6) is 0 Å². The zero-order valence-corrected chi connectivity index (χ0v) is 14.7. The molecule has 0 spiro atoms. The summed E-state index contributed by atoms with van der Waals surface area (Å²) in [6.07, 6.45) is 1.80. The summed E-state index contributed by atoms with van der Waals surface area (Å²) in [5.74, 6) is 0. The van der Waals surface area contributed by atoms with Crippen molar-refractivity contribution in [2.45, 2.75) is 20.4 Å². The molecule has 5 nitrogen and oxygen atoms in total. The van der Waals surface area contributed by atoms with Crippen LogP contribution < -0.4 is 11.5 Å². The van der Waals surface area contributed by atoms with Crippen molar-refractivity contribution in [3.63, 3.8) is 0 Å². The molecule has 0 atom stereocenters. The highest BCUT2D eigenvalue weighted by atomic mass is 15.0. The van der Waals surface area contributed by atoms with Crippen LogP contribution >= 0.6 is 0 Å². The van der Waals surface area contributed by atoms with Gasteiger partial charge in [0.2, 0.25) is 0 Å². The van der Waals surface area contributed by atoms with Gasteiger partial charge in [0, 0.05) is 24.7 Å². The summed E-state index contributed by atoms with van der Waals surface area (Å²) in [7, 11) is 1.96. The zero-order chi connectivity index (χ0) is 18.1. The number of nitrogens with two attached hydrogens (primary N) is 2. The van der Waals surface area contributed by atoms with Gasteiger partial charge in [0.25, 0.3) is 0 Å². The molecule has 1 heterocycles. The first-order valence-electron chi connectivity index (χ1n) is 8.08. The fourth-order valence-corrected chi connectivity index (χ4v) is 3.31. The molecule has 0 unspecified atom stereocenters. The molecule has 0 saturated carbocycles. The average molecular weight is 331 g/mol. The monoisotopic (exact) mass is 331 g/mol. The Morgan fingerprint density at radius 3 is 2.40 bits per heavy atom. The summed E-state index contributed by atoms with van der Waals surface area (Å²) in [5.41, 5.74) is 20.1. The van der Waals surface area contributed by atoms with Gasteiger partial charge in [-0.25, -0.2) is 4.98 Å². The Kier molecular flexibility index (Phi) is 4.30. The molecule has 1 aromatic heterocycles. The number of benzene rings is 2. The van der Waals surface area contributed by atoms with Gasteiger partial charge in [0.05, 0.1) is 29.0 Å². The molecule has 3 rings (SSSR count). The summed E-state index contributed by atoms with van der Waals surface area (Å²) < 4.78 is 1.98. The molecule has 5 heteroatoms. The van der Waals surface area contributed by atoms with E-state index in [1.807, 2.05) is 23.7 Å². The fourth-order valence-electron chi connectivity index (χ4n) is 3.31. The topological polar surface area (TPSA) is 93.6 Å². The lowest BCUT2D eigenvalue weighted by Gasteiger charge is -2.14. The molecule has 0 amide bonds. The largest absolute Gasteiger partial charge is 0.398 e. The van der Waals surface area contributed by atoms with Gasteiger partial charge < -0.3 is 16.0 Å². The minimum atomic E-state index is 0.471. The number of imidazole rings is 1. The van der Waals surface area contributed by atoms with E-state index in [2.05, 4.69) is 37.0 Å². The normalized spacial score (nSPS) is 10.7. The molecule has 0 aliphatic heterocycles. The number of aryl methyl sites for hydroxylation is 3. The third-order valence-electron chi connectivity index (χ3n) is 4.45. The van der Waals surface area contributed by atoms with Gasteiger partial charge in [0.1, 0.15) is 6.07 Å². The van der Waals surface area contributed by atoms with Crippen LogP contribution in [-0.2, 0) is 13.6 Å². The van der Waals surface area contributed by atoms with Crippen molar-refractivity contribution < 1.29 is 0 Å². The van der Waals surface area contributed by atoms with Crippen molar-refractivity contribution in [2.75, 3.05) is 5.73 Å². The maximum atomic E-state index is 9.09. The van der Waals surface area contributed by atoms with E-state index >= 15 is 0 Å². The van der Waals surface area contributed by atoms with Gasteiger partial charge in [0.15, 0.2) is 0 Å². The van der Waals surface area contributed by atoms with E-state index in [1.54, 1.807) is 12.4 Å². The summed E-state index contributed by atoms with van der Waals surface area (Å²) in [4.78, 5) is 4.64. The van der Waals surface area contributed by atoms with Gasteiger partial charge in [-0.3, -0.25) is 0 Å². The van der Waals surface area contributed by atoms with Crippen LogP contribution in [0.15, 0.2) is 36.7 Å². The predicted molar refractivity (Wildman–Crippen MR) is 101 cm³/mol. The van der Waals surface area contributed by atoms with E-state index in [0.717, 1.165) is 39.2 Å². The molecule has 126 valence electrons. The minimum absolute atomic E-state index is 0.471. The molecular weight excluding hydrogens is 310 g/mol. The molecule has 0 aliphatic rings. The predicted octanol–water partition coefficient (Wildman–Crippen LogP) is 3.28. The van der Waals surface area contributed by atoms with Crippen molar-refractivity contribution in [3.8, 4) is 28.6 Å². The number of nitrogens with zero attached hydrogens (tertiary/aromatic N) is 3. The highest BCUT2D eigenvalue weighted by molar-refractivity contribution is 5.83. The van der Waals surface area contributed by atoms with Crippen LogP contribution in [0.3, 0.4) is 0 Å². The summed E-state index contributed by atoms with van der Waals surface area (Å²) >= 11 is 0. The maximum absolute atomic E-state index is 9.09. The highest BCUT2D eigenvalue weighted by Gasteiger charge is 2.18. The van der Waals surface area contributed by atoms with Crippen LogP contribution in [0.1, 0.15) is 22.3 Å². The zero-order valence-electron chi connectivity index (χ0n) is 14.7. The molecule has 3 aromatic rings. The van der Waals surface area contributed by atoms with E-state index in [0.29, 0.717) is 17.8 Å². The fraction of sp³-hybridized carbons (Fsp3) is 0.200. The van der Waals surface area contributed by atoms with Crippen molar-refractivity contribution in [1.82, 2.24) is 9.55 Å². The number of nitriles is 1. The van der Waals surface area contributed by atoms with E-state index in [-0.39, 0.29) is 0 Å².